The number of piperidine rings is 1. The molecule has 0 saturated carbocycles. The number of rotatable bonds is 8. The fourth-order valence-corrected chi connectivity index (χ4v) is 6.70. The van der Waals surface area contributed by atoms with Crippen LogP contribution in [0.5, 0.6) is 0 Å². The number of benzene rings is 1. The number of hydrogen-bond donors (Lipinski definition) is 1. The van der Waals surface area contributed by atoms with Crippen LogP contribution in [0.3, 0.4) is 0 Å². The van der Waals surface area contributed by atoms with Gasteiger partial charge in [0.2, 0.25) is 15.9 Å². The third-order valence-corrected chi connectivity index (χ3v) is 8.74. The molecule has 2 fully saturated rings. The number of sulfonamides is 1. The van der Waals surface area contributed by atoms with E-state index >= 15 is 0 Å². The van der Waals surface area contributed by atoms with Crippen molar-refractivity contribution in [3.05, 3.63) is 35.9 Å². The number of nitrogens with zero attached hydrogens (tertiary/aromatic N) is 3. The summed E-state index contributed by atoms with van der Waals surface area (Å²) in [5.74, 6) is -1.89. The van der Waals surface area contributed by atoms with Crippen molar-refractivity contribution in [2.45, 2.75) is 76.8 Å². The number of carbonyl (C=O) groups is 3. The van der Waals surface area contributed by atoms with Gasteiger partial charge in [-0.15, -0.1) is 0 Å². The predicted octanol–water partition coefficient (Wildman–Crippen LogP) is 2.93. The summed E-state index contributed by atoms with van der Waals surface area (Å²) in [6.45, 7) is 8.24. The average Bonchev–Trinajstić information content (AvgIpc) is 3.31. The second kappa shape index (κ2) is 11.8. The predicted molar refractivity (Wildman–Crippen MR) is 138 cm³/mol. The summed E-state index contributed by atoms with van der Waals surface area (Å²) in [5, 5.41) is 9.54. The van der Waals surface area contributed by atoms with E-state index in [-0.39, 0.29) is 18.2 Å². The van der Waals surface area contributed by atoms with Gasteiger partial charge in [0.1, 0.15) is 17.7 Å². The molecule has 2 saturated heterocycles. The Morgan fingerprint density at radius 1 is 1.08 bits per heavy atom. The van der Waals surface area contributed by atoms with E-state index < -0.39 is 45.7 Å². The molecule has 1 aromatic rings. The van der Waals surface area contributed by atoms with Gasteiger partial charge in [0, 0.05) is 26.2 Å². The minimum absolute atomic E-state index is 0.0617. The molecule has 3 rings (SSSR count). The normalized spacial score (nSPS) is 20.2. The maximum atomic E-state index is 13.6. The molecule has 1 aromatic carbocycles. The number of ether oxygens (including phenoxy) is 1. The van der Waals surface area contributed by atoms with Crippen LogP contribution in [0.1, 0.15) is 58.9 Å². The van der Waals surface area contributed by atoms with Crippen molar-refractivity contribution < 1.29 is 32.6 Å². The van der Waals surface area contributed by atoms with Crippen LogP contribution in [0.15, 0.2) is 30.3 Å². The molecule has 0 bridgehead atoms. The molecular weight excluding hydrogens is 498 g/mol. The van der Waals surface area contributed by atoms with Gasteiger partial charge in [-0.2, -0.15) is 4.31 Å². The maximum Gasteiger partial charge on any atom is 0.410 e. The quantitative estimate of drug-likeness (QED) is 0.541. The number of amides is 2. The summed E-state index contributed by atoms with van der Waals surface area (Å²) in [5.41, 5.74) is 0.00609. The van der Waals surface area contributed by atoms with Crippen molar-refractivity contribution in [3.8, 4) is 0 Å². The van der Waals surface area contributed by atoms with Crippen molar-refractivity contribution >= 4 is 28.0 Å². The van der Waals surface area contributed by atoms with Crippen LogP contribution in [-0.4, -0.2) is 89.5 Å². The van der Waals surface area contributed by atoms with Crippen LogP contribution in [-0.2, 0) is 30.1 Å². The summed E-state index contributed by atoms with van der Waals surface area (Å²) in [6, 6.07) is 6.79. The lowest BCUT2D eigenvalue weighted by Gasteiger charge is -2.37. The minimum Gasteiger partial charge on any atom is -0.480 e. The Balaban J connectivity index is 1.77. The molecule has 0 aromatic heterocycles. The summed E-state index contributed by atoms with van der Waals surface area (Å²) in [6.07, 6.45) is 1.66. The number of aliphatic carboxylic acids is 1. The third kappa shape index (κ3) is 7.67. The molecule has 0 radical (unpaired) electrons. The lowest BCUT2D eigenvalue weighted by molar-refractivity contribution is -0.149. The van der Waals surface area contributed by atoms with Gasteiger partial charge in [-0.1, -0.05) is 30.3 Å². The molecule has 2 aliphatic heterocycles. The Kier molecular flexibility index (Phi) is 9.22. The third-order valence-electron chi connectivity index (χ3n) is 6.86. The zero-order valence-electron chi connectivity index (χ0n) is 22.1. The number of carboxylic acids is 1. The van der Waals surface area contributed by atoms with Crippen molar-refractivity contribution in [3.63, 3.8) is 0 Å². The van der Waals surface area contributed by atoms with E-state index in [0.29, 0.717) is 50.9 Å². The number of likely N-dealkylation sites (tertiary alicyclic amines) is 2. The van der Waals surface area contributed by atoms with Crippen LogP contribution in [0.2, 0.25) is 0 Å². The highest BCUT2D eigenvalue weighted by Gasteiger charge is 2.41. The first-order chi connectivity index (χ1) is 17.3. The minimum atomic E-state index is -3.91. The zero-order valence-corrected chi connectivity index (χ0v) is 22.9. The zero-order chi connectivity index (χ0) is 27.4. The van der Waals surface area contributed by atoms with Crippen molar-refractivity contribution in [2.75, 3.05) is 26.2 Å². The topological polar surface area (TPSA) is 125 Å². The van der Waals surface area contributed by atoms with Gasteiger partial charge in [0.05, 0.1) is 5.75 Å². The van der Waals surface area contributed by atoms with Crippen molar-refractivity contribution in [1.29, 1.82) is 0 Å². The maximum absolute atomic E-state index is 13.6. The molecular formula is C26H39N3O7S. The van der Waals surface area contributed by atoms with Gasteiger partial charge in [-0.3, -0.25) is 4.79 Å². The number of carboxylic acid groups (broad SMARTS) is 1. The largest absolute Gasteiger partial charge is 0.480 e. The molecule has 2 atom stereocenters. The SMILES string of the molecule is C[C@H](C(=O)N1CCC[C@H]1C(=O)O)N(CC1CCN(C(=O)OC(C)(C)C)CC1)S(=O)(=O)Cc1ccccc1. The van der Waals surface area contributed by atoms with E-state index in [0.717, 1.165) is 0 Å². The van der Waals surface area contributed by atoms with Gasteiger partial charge >= 0.3 is 12.1 Å². The van der Waals surface area contributed by atoms with E-state index in [2.05, 4.69) is 0 Å². The van der Waals surface area contributed by atoms with Crippen LogP contribution >= 0.6 is 0 Å². The molecule has 0 spiro atoms. The second-order valence-electron chi connectivity index (χ2n) is 10.9. The molecule has 11 heteroatoms. The molecule has 0 aliphatic carbocycles. The Morgan fingerprint density at radius 2 is 1.70 bits per heavy atom. The van der Waals surface area contributed by atoms with Gasteiger partial charge in [-0.05, 0) is 64.9 Å². The first-order valence-corrected chi connectivity index (χ1v) is 14.4. The molecule has 1 N–H and O–H groups in total. The van der Waals surface area contributed by atoms with E-state index in [9.17, 15) is 27.9 Å². The van der Waals surface area contributed by atoms with Gasteiger partial charge in [-0.25, -0.2) is 18.0 Å². The highest BCUT2D eigenvalue weighted by molar-refractivity contribution is 7.88. The van der Waals surface area contributed by atoms with E-state index in [1.807, 2.05) is 0 Å². The van der Waals surface area contributed by atoms with Crippen molar-refractivity contribution in [2.24, 2.45) is 5.92 Å². The first-order valence-electron chi connectivity index (χ1n) is 12.8. The standard InChI is InChI=1S/C26H39N3O7S/c1-19(23(30)28-14-8-11-22(28)24(31)32)29(37(34,35)18-21-9-6-5-7-10-21)17-20-12-15-27(16-13-20)25(33)36-26(2,3)4/h5-7,9-10,19-20,22H,8,11-18H2,1-4H3,(H,31,32)/t19-,22+/m1/s1. The summed E-state index contributed by atoms with van der Waals surface area (Å²) < 4.78 is 34.0. The van der Waals surface area contributed by atoms with Gasteiger partial charge in [0.15, 0.2) is 0 Å². The number of carbonyl (C=O) groups excluding carboxylic acids is 2. The van der Waals surface area contributed by atoms with Crippen LogP contribution in [0.25, 0.3) is 0 Å². The molecule has 10 nitrogen and oxygen atoms in total. The van der Waals surface area contributed by atoms with Crippen LogP contribution in [0, 0.1) is 5.92 Å². The van der Waals surface area contributed by atoms with Crippen molar-refractivity contribution in [1.82, 2.24) is 14.1 Å². The Morgan fingerprint density at radius 3 is 2.27 bits per heavy atom. The molecule has 206 valence electrons. The number of hydrogen-bond acceptors (Lipinski definition) is 6. The van der Waals surface area contributed by atoms with Crippen LogP contribution < -0.4 is 0 Å². The Labute approximate surface area is 219 Å². The molecule has 2 heterocycles. The lowest BCUT2D eigenvalue weighted by atomic mass is 9.96. The fourth-order valence-electron chi connectivity index (χ4n) is 4.91. The van der Waals surface area contributed by atoms with E-state index in [1.165, 1.54) is 16.1 Å². The first kappa shape index (κ1) is 28.9. The lowest BCUT2D eigenvalue weighted by Crippen LogP contribution is -2.54. The second-order valence-corrected chi connectivity index (χ2v) is 12.8. The van der Waals surface area contributed by atoms with Crippen LogP contribution in [0.4, 0.5) is 4.79 Å². The fraction of sp³-hybridized carbons (Fsp3) is 0.654. The summed E-state index contributed by atoms with van der Waals surface area (Å²) >= 11 is 0. The van der Waals surface area contributed by atoms with E-state index in [1.54, 1.807) is 56.0 Å². The molecule has 37 heavy (non-hydrogen) atoms. The van der Waals surface area contributed by atoms with E-state index in [4.69, 9.17) is 4.74 Å². The highest BCUT2D eigenvalue weighted by atomic mass is 32.2. The summed E-state index contributed by atoms with van der Waals surface area (Å²) in [4.78, 5) is 40.4. The average molecular weight is 538 g/mol. The highest BCUT2D eigenvalue weighted by Crippen LogP contribution is 2.26. The smallest absolute Gasteiger partial charge is 0.410 e. The molecule has 0 unspecified atom stereocenters. The van der Waals surface area contributed by atoms with Gasteiger partial charge < -0.3 is 19.6 Å². The molecule has 2 amide bonds. The monoisotopic (exact) mass is 537 g/mol. The summed E-state index contributed by atoms with van der Waals surface area (Å²) in [7, 11) is -3.91. The Bertz CT molecular complexity index is 1060. The Hall–Kier alpha value is -2.66. The molecule has 2 aliphatic rings. The van der Waals surface area contributed by atoms with Gasteiger partial charge in [0.25, 0.3) is 0 Å².